The second-order valence-corrected chi connectivity index (χ2v) is 5.68. The van der Waals surface area contributed by atoms with Crippen LogP contribution in [0.4, 0.5) is 10.5 Å². The summed E-state index contributed by atoms with van der Waals surface area (Å²) < 4.78 is 16.6. The zero-order valence-electron chi connectivity index (χ0n) is 15.2. The SMILES string of the molecule is COc1cc(COC(=O)n2cnc(-c3ccccc3)c2)c([N+](=O)[O-])cc1OC. The number of imidazole rings is 1. The van der Waals surface area contributed by atoms with Crippen molar-refractivity contribution in [1.29, 1.82) is 0 Å². The highest BCUT2D eigenvalue weighted by Gasteiger charge is 2.21. The number of hydrogen-bond donors (Lipinski definition) is 0. The zero-order chi connectivity index (χ0) is 20.1. The summed E-state index contributed by atoms with van der Waals surface area (Å²) in [6, 6.07) is 12.0. The molecule has 28 heavy (non-hydrogen) atoms. The topological polar surface area (TPSA) is 106 Å². The summed E-state index contributed by atoms with van der Waals surface area (Å²) in [5.41, 5.74) is 1.40. The second-order valence-electron chi connectivity index (χ2n) is 5.68. The van der Waals surface area contributed by atoms with E-state index in [-0.39, 0.29) is 23.6 Å². The molecule has 9 heteroatoms. The Hall–Kier alpha value is -3.88. The molecule has 144 valence electrons. The summed E-state index contributed by atoms with van der Waals surface area (Å²) in [5, 5.41) is 11.3. The number of carbonyl (C=O) groups is 1. The molecule has 2 aromatic carbocycles. The van der Waals surface area contributed by atoms with Gasteiger partial charge in [-0.25, -0.2) is 14.3 Å². The predicted octanol–water partition coefficient (Wildman–Crippen LogP) is 3.66. The van der Waals surface area contributed by atoms with E-state index in [1.54, 1.807) is 0 Å². The molecular formula is C19H17N3O6. The highest BCUT2D eigenvalue weighted by Crippen LogP contribution is 2.34. The van der Waals surface area contributed by atoms with E-state index >= 15 is 0 Å². The van der Waals surface area contributed by atoms with Crippen molar-refractivity contribution in [3.8, 4) is 22.8 Å². The Morgan fingerprint density at radius 1 is 1.14 bits per heavy atom. The van der Waals surface area contributed by atoms with Crippen LogP contribution in [0.1, 0.15) is 5.56 Å². The van der Waals surface area contributed by atoms with Crippen LogP contribution < -0.4 is 9.47 Å². The minimum Gasteiger partial charge on any atom is -0.493 e. The van der Waals surface area contributed by atoms with Gasteiger partial charge in [-0.2, -0.15) is 0 Å². The first-order chi connectivity index (χ1) is 13.5. The number of benzene rings is 2. The van der Waals surface area contributed by atoms with Gasteiger partial charge in [0.15, 0.2) is 11.5 Å². The van der Waals surface area contributed by atoms with Crippen molar-refractivity contribution in [2.75, 3.05) is 14.2 Å². The molecule has 0 aliphatic heterocycles. The average Bonchev–Trinajstić information content (AvgIpc) is 3.22. The maximum Gasteiger partial charge on any atom is 0.419 e. The Balaban J connectivity index is 1.78. The lowest BCUT2D eigenvalue weighted by Crippen LogP contribution is -2.12. The first kappa shape index (κ1) is 18.9. The number of rotatable bonds is 6. The van der Waals surface area contributed by atoms with Crippen LogP contribution in [0.3, 0.4) is 0 Å². The molecule has 0 radical (unpaired) electrons. The van der Waals surface area contributed by atoms with E-state index in [2.05, 4.69) is 4.98 Å². The van der Waals surface area contributed by atoms with E-state index in [1.165, 1.54) is 43.4 Å². The Morgan fingerprint density at radius 2 is 1.82 bits per heavy atom. The number of methoxy groups -OCH3 is 2. The van der Waals surface area contributed by atoms with Crippen LogP contribution in [-0.2, 0) is 11.3 Å². The van der Waals surface area contributed by atoms with E-state index < -0.39 is 11.0 Å². The molecule has 3 aromatic rings. The molecule has 0 saturated heterocycles. The largest absolute Gasteiger partial charge is 0.493 e. The fraction of sp³-hybridized carbons (Fsp3) is 0.158. The lowest BCUT2D eigenvalue weighted by molar-refractivity contribution is -0.385. The third-order valence-corrected chi connectivity index (χ3v) is 4.00. The van der Waals surface area contributed by atoms with Gasteiger partial charge in [0.05, 0.1) is 36.5 Å². The molecule has 1 aromatic heterocycles. The molecule has 0 bridgehead atoms. The maximum atomic E-state index is 12.3. The molecule has 0 aliphatic rings. The van der Waals surface area contributed by atoms with Crippen LogP contribution in [-0.4, -0.2) is 34.8 Å². The van der Waals surface area contributed by atoms with Gasteiger partial charge in [0, 0.05) is 11.8 Å². The van der Waals surface area contributed by atoms with Crippen molar-refractivity contribution in [3.05, 3.63) is 70.7 Å². The van der Waals surface area contributed by atoms with Gasteiger partial charge in [-0.15, -0.1) is 0 Å². The quantitative estimate of drug-likeness (QED) is 0.472. The molecule has 3 rings (SSSR count). The Labute approximate surface area is 160 Å². The third-order valence-electron chi connectivity index (χ3n) is 4.00. The molecule has 1 heterocycles. The maximum absolute atomic E-state index is 12.3. The first-order valence-electron chi connectivity index (χ1n) is 8.19. The van der Waals surface area contributed by atoms with E-state index in [0.717, 1.165) is 5.56 Å². The van der Waals surface area contributed by atoms with Crippen molar-refractivity contribution in [3.63, 3.8) is 0 Å². The molecule has 0 aliphatic carbocycles. The van der Waals surface area contributed by atoms with Gasteiger partial charge in [0.25, 0.3) is 5.69 Å². The van der Waals surface area contributed by atoms with Gasteiger partial charge in [-0.05, 0) is 6.07 Å². The van der Waals surface area contributed by atoms with Gasteiger partial charge >= 0.3 is 6.09 Å². The van der Waals surface area contributed by atoms with E-state index in [9.17, 15) is 14.9 Å². The van der Waals surface area contributed by atoms with Crippen LogP contribution >= 0.6 is 0 Å². The van der Waals surface area contributed by atoms with E-state index in [4.69, 9.17) is 14.2 Å². The second kappa shape index (κ2) is 8.21. The van der Waals surface area contributed by atoms with E-state index in [0.29, 0.717) is 11.4 Å². The van der Waals surface area contributed by atoms with Gasteiger partial charge in [0.1, 0.15) is 12.9 Å². The highest BCUT2D eigenvalue weighted by molar-refractivity contribution is 5.72. The molecule has 0 amide bonds. The summed E-state index contributed by atoms with van der Waals surface area (Å²) in [4.78, 5) is 27.2. The fourth-order valence-electron chi connectivity index (χ4n) is 2.59. The monoisotopic (exact) mass is 383 g/mol. The minimum atomic E-state index is -0.709. The first-order valence-corrected chi connectivity index (χ1v) is 8.19. The molecule has 0 saturated carbocycles. The van der Waals surface area contributed by atoms with Crippen molar-refractivity contribution in [2.45, 2.75) is 6.61 Å². The number of aromatic nitrogens is 2. The lowest BCUT2D eigenvalue weighted by Gasteiger charge is -2.11. The van der Waals surface area contributed by atoms with Crippen molar-refractivity contribution in [1.82, 2.24) is 9.55 Å². The van der Waals surface area contributed by atoms with Crippen LogP contribution in [0.25, 0.3) is 11.3 Å². The summed E-state index contributed by atoms with van der Waals surface area (Å²) >= 11 is 0. The molecule has 9 nitrogen and oxygen atoms in total. The highest BCUT2D eigenvalue weighted by atomic mass is 16.6. The molecule has 0 spiro atoms. The zero-order valence-corrected chi connectivity index (χ0v) is 15.2. The summed E-state index contributed by atoms with van der Waals surface area (Å²) in [6.45, 7) is -0.311. The summed E-state index contributed by atoms with van der Waals surface area (Å²) in [5.74, 6) is 0.513. The molecule has 0 fully saturated rings. The molecule has 0 unspecified atom stereocenters. The molecular weight excluding hydrogens is 366 g/mol. The molecule has 0 N–H and O–H groups in total. The standard InChI is InChI=1S/C19H17N3O6/c1-26-17-8-14(16(22(24)25)9-18(17)27-2)11-28-19(23)21-10-15(20-12-21)13-6-4-3-5-7-13/h3-10,12H,11H2,1-2H3. The van der Waals surface area contributed by atoms with Gasteiger partial charge in [-0.1, -0.05) is 30.3 Å². The number of ether oxygens (including phenoxy) is 3. The third kappa shape index (κ3) is 3.93. The van der Waals surface area contributed by atoms with Gasteiger partial charge < -0.3 is 14.2 Å². The van der Waals surface area contributed by atoms with Gasteiger partial charge in [-0.3, -0.25) is 10.1 Å². The fourth-order valence-corrected chi connectivity index (χ4v) is 2.59. The Bertz CT molecular complexity index is 1000. The Morgan fingerprint density at radius 3 is 2.46 bits per heavy atom. The Kier molecular flexibility index (Phi) is 5.54. The number of carbonyl (C=O) groups excluding carboxylic acids is 1. The van der Waals surface area contributed by atoms with Crippen LogP contribution in [0.15, 0.2) is 55.0 Å². The molecule has 0 atom stereocenters. The number of hydrogen-bond acceptors (Lipinski definition) is 7. The lowest BCUT2D eigenvalue weighted by atomic mass is 10.1. The smallest absolute Gasteiger partial charge is 0.419 e. The van der Waals surface area contributed by atoms with Crippen LogP contribution in [0.2, 0.25) is 0 Å². The average molecular weight is 383 g/mol. The van der Waals surface area contributed by atoms with Gasteiger partial charge in [0.2, 0.25) is 0 Å². The number of nitro benzene ring substituents is 1. The van der Waals surface area contributed by atoms with Crippen molar-refractivity contribution < 1.29 is 23.9 Å². The summed E-state index contributed by atoms with van der Waals surface area (Å²) in [6.07, 6.45) is 2.15. The van der Waals surface area contributed by atoms with Crippen LogP contribution in [0.5, 0.6) is 11.5 Å². The van der Waals surface area contributed by atoms with E-state index in [1.807, 2.05) is 30.3 Å². The summed E-state index contributed by atoms with van der Waals surface area (Å²) in [7, 11) is 2.79. The number of nitrogens with zero attached hydrogens (tertiary/aromatic N) is 3. The van der Waals surface area contributed by atoms with Crippen molar-refractivity contribution in [2.24, 2.45) is 0 Å². The van der Waals surface area contributed by atoms with Crippen LogP contribution in [0, 0.1) is 10.1 Å². The van der Waals surface area contributed by atoms with Crippen molar-refractivity contribution >= 4 is 11.8 Å². The minimum absolute atomic E-state index is 0.180. The normalized spacial score (nSPS) is 10.4. The number of nitro groups is 1. The predicted molar refractivity (Wildman–Crippen MR) is 99.4 cm³/mol.